The molecule has 0 spiro atoms. The van der Waals surface area contributed by atoms with E-state index in [0.717, 1.165) is 18.7 Å². The number of aliphatic carboxylic acids is 1. The number of unbranched alkanes of at least 4 members (excludes halogenated alkanes) is 2. The highest BCUT2D eigenvalue weighted by molar-refractivity contribution is 5.66. The Morgan fingerprint density at radius 3 is 2.82 bits per heavy atom. The maximum Gasteiger partial charge on any atom is 0.304 e. The van der Waals surface area contributed by atoms with Crippen molar-refractivity contribution >= 4 is 5.97 Å². The summed E-state index contributed by atoms with van der Waals surface area (Å²) < 4.78 is 5.29. The van der Waals surface area contributed by atoms with Crippen molar-refractivity contribution in [1.29, 1.82) is 0 Å². The van der Waals surface area contributed by atoms with Gasteiger partial charge in [0.2, 0.25) is 0 Å². The Balaban J connectivity index is 2.37. The second-order valence-electron chi connectivity index (χ2n) is 4.21. The minimum Gasteiger partial charge on any atom is -0.481 e. The van der Waals surface area contributed by atoms with E-state index in [-0.39, 0.29) is 6.42 Å². The number of hydrogen-bond acceptors (Lipinski definition) is 3. The molecule has 0 unspecified atom stereocenters. The lowest BCUT2D eigenvalue weighted by Gasteiger charge is -2.20. The van der Waals surface area contributed by atoms with E-state index in [9.17, 15) is 4.79 Å². The van der Waals surface area contributed by atoms with E-state index in [2.05, 4.69) is 11.8 Å². The fourth-order valence-electron chi connectivity index (χ4n) is 1.73. The zero-order valence-electron chi connectivity index (χ0n) is 10.4. The van der Waals surface area contributed by atoms with E-state index in [4.69, 9.17) is 9.52 Å². The summed E-state index contributed by atoms with van der Waals surface area (Å²) in [6, 6.07) is 3.78. The molecule has 0 aliphatic carbocycles. The standard InChI is InChI=1S/C13H21NO3/c1-2-3-4-8-14(9-7-13(15)16)11-12-6-5-10-17-12/h5-6,10H,2-4,7-9,11H2,1H3,(H,15,16). The molecule has 0 radical (unpaired) electrons. The van der Waals surface area contributed by atoms with Gasteiger partial charge in [-0.15, -0.1) is 0 Å². The predicted octanol–water partition coefficient (Wildman–Crippen LogP) is 2.75. The SMILES string of the molecule is CCCCCN(CCC(=O)O)Cc1ccco1. The van der Waals surface area contributed by atoms with Crippen molar-refractivity contribution in [3.63, 3.8) is 0 Å². The Kier molecular flexibility index (Phi) is 6.40. The molecule has 0 saturated carbocycles. The van der Waals surface area contributed by atoms with Crippen LogP contribution in [0, 0.1) is 0 Å². The molecule has 0 bridgehead atoms. The van der Waals surface area contributed by atoms with Crippen LogP contribution in [0.3, 0.4) is 0 Å². The highest BCUT2D eigenvalue weighted by Crippen LogP contribution is 2.08. The lowest BCUT2D eigenvalue weighted by atomic mass is 10.2. The molecule has 17 heavy (non-hydrogen) atoms. The van der Waals surface area contributed by atoms with Gasteiger partial charge in [-0.05, 0) is 25.1 Å². The summed E-state index contributed by atoms with van der Waals surface area (Å²) >= 11 is 0. The van der Waals surface area contributed by atoms with Gasteiger partial charge in [0.25, 0.3) is 0 Å². The van der Waals surface area contributed by atoms with Gasteiger partial charge < -0.3 is 9.52 Å². The van der Waals surface area contributed by atoms with Crippen molar-refractivity contribution in [3.8, 4) is 0 Å². The second kappa shape index (κ2) is 7.90. The fourth-order valence-corrected chi connectivity index (χ4v) is 1.73. The molecular weight excluding hydrogens is 218 g/mol. The van der Waals surface area contributed by atoms with Gasteiger partial charge in [-0.1, -0.05) is 19.8 Å². The fraction of sp³-hybridized carbons (Fsp3) is 0.615. The minimum atomic E-state index is -0.745. The van der Waals surface area contributed by atoms with Crippen LogP contribution in [0.15, 0.2) is 22.8 Å². The summed E-state index contributed by atoms with van der Waals surface area (Å²) in [5, 5.41) is 8.71. The van der Waals surface area contributed by atoms with Crippen LogP contribution in [0.25, 0.3) is 0 Å². The first-order chi connectivity index (χ1) is 8.22. The van der Waals surface area contributed by atoms with Crippen LogP contribution >= 0.6 is 0 Å². The number of carboxylic acids is 1. The molecule has 0 atom stereocenters. The summed E-state index contributed by atoms with van der Waals surface area (Å²) in [6.45, 7) is 4.37. The molecule has 0 aliphatic heterocycles. The van der Waals surface area contributed by atoms with Gasteiger partial charge in [0.1, 0.15) is 5.76 Å². The quantitative estimate of drug-likeness (QED) is 0.673. The molecule has 0 aliphatic rings. The van der Waals surface area contributed by atoms with Crippen LogP contribution in [0.1, 0.15) is 38.4 Å². The molecule has 4 nitrogen and oxygen atoms in total. The normalized spacial score (nSPS) is 10.9. The maximum absolute atomic E-state index is 10.6. The average molecular weight is 239 g/mol. The summed E-state index contributed by atoms with van der Waals surface area (Å²) in [5.41, 5.74) is 0. The van der Waals surface area contributed by atoms with Gasteiger partial charge in [0, 0.05) is 6.54 Å². The molecular formula is C13H21NO3. The first kappa shape index (κ1) is 13.8. The van der Waals surface area contributed by atoms with E-state index in [1.165, 1.54) is 12.8 Å². The Bertz CT molecular complexity index is 308. The highest BCUT2D eigenvalue weighted by Gasteiger charge is 2.09. The van der Waals surface area contributed by atoms with E-state index in [1.807, 2.05) is 12.1 Å². The van der Waals surface area contributed by atoms with Crippen LogP contribution in [0.4, 0.5) is 0 Å². The maximum atomic E-state index is 10.6. The van der Waals surface area contributed by atoms with E-state index in [1.54, 1.807) is 6.26 Å². The number of carboxylic acid groups (broad SMARTS) is 1. The Hall–Kier alpha value is -1.29. The number of hydrogen-bond donors (Lipinski definition) is 1. The zero-order valence-corrected chi connectivity index (χ0v) is 10.4. The van der Waals surface area contributed by atoms with Crippen LogP contribution in [-0.2, 0) is 11.3 Å². The molecule has 1 aromatic rings. The first-order valence-electron chi connectivity index (χ1n) is 6.19. The number of furan rings is 1. The van der Waals surface area contributed by atoms with Crippen LogP contribution in [-0.4, -0.2) is 29.1 Å². The van der Waals surface area contributed by atoms with Crippen molar-refractivity contribution in [1.82, 2.24) is 4.90 Å². The Morgan fingerprint density at radius 1 is 1.41 bits per heavy atom. The summed E-state index contributed by atoms with van der Waals surface area (Å²) in [4.78, 5) is 12.7. The third-order valence-electron chi connectivity index (χ3n) is 2.68. The van der Waals surface area contributed by atoms with E-state index < -0.39 is 5.97 Å². The van der Waals surface area contributed by atoms with Gasteiger partial charge >= 0.3 is 5.97 Å². The third kappa shape index (κ3) is 6.12. The molecule has 96 valence electrons. The topological polar surface area (TPSA) is 53.7 Å². The van der Waals surface area contributed by atoms with E-state index in [0.29, 0.717) is 13.1 Å². The van der Waals surface area contributed by atoms with Crippen molar-refractivity contribution in [2.24, 2.45) is 0 Å². The predicted molar refractivity (Wildman–Crippen MR) is 65.8 cm³/mol. The summed E-state index contributed by atoms with van der Waals surface area (Å²) in [7, 11) is 0. The van der Waals surface area contributed by atoms with Gasteiger partial charge in [-0.3, -0.25) is 9.69 Å². The molecule has 1 N–H and O–H groups in total. The summed E-state index contributed by atoms with van der Waals surface area (Å²) in [6.07, 6.45) is 5.30. The van der Waals surface area contributed by atoms with Crippen molar-refractivity contribution in [2.75, 3.05) is 13.1 Å². The highest BCUT2D eigenvalue weighted by atomic mass is 16.4. The Labute approximate surface area is 102 Å². The molecule has 1 heterocycles. The van der Waals surface area contributed by atoms with Crippen molar-refractivity contribution in [2.45, 2.75) is 39.2 Å². The van der Waals surface area contributed by atoms with Crippen molar-refractivity contribution < 1.29 is 14.3 Å². The molecule has 1 rings (SSSR count). The Morgan fingerprint density at radius 2 is 2.24 bits per heavy atom. The lowest BCUT2D eigenvalue weighted by molar-refractivity contribution is -0.137. The smallest absolute Gasteiger partial charge is 0.304 e. The largest absolute Gasteiger partial charge is 0.481 e. The lowest BCUT2D eigenvalue weighted by Crippen LogP contribution is -2.27. The van der Waals surface area contributed by atoms with Crippen LogP contribution < -0.4 is 0 Å². The van der Waals surface area contributed by atoms with Gasteiger partial charge in [0.05, 0.1) is 19.2 Å². The average Bonchev–Trinajstić information content (AvgIpc) is 2.78. The van der Waals surface area contributed by atoms with E-state index >= 15 is 0 Å². The number of carbonyl (C=O) groups is 1. The molecule has 0 fully saturated rings. The van der Waals surface area contributed by atoms with Gasteiger partial charge in [-0.25, -0.2) is 0 Å². The molecule has 4 heteroatoms. The minimum absolute atomic E-state index is 0.187. The number of rotatable bonds is 9. The molecule has 1 aromatic heterocycles. The number of nitrogens with zero attached hydrogens (tertiary/aromatic N) is 1. The summed E-state index contributed by atoms with van der Waals surface area (Å²) in [5.74, 6) is 0.150. The van der Waals surface area contributed by atoms with Gasteiger partial charge in [0.15, 0.2) is 0 Å². The molecule has 0 amide bonds. The molecule has 0 aromatic carbocycles. The van der Waals surface area contributed by atoms with Crippen LogP contribution in [0.5, 0.6) is 0 Å². The van der Waals surface area contributed by atoms with Crippen LogP contribution in [0.2, 0.25) is 0 Å². The third-order valence-corrected chi connectivity index (χ3v) is 2.68. The van der Waals surface area contributed by atoms with Crippen molar-refractivity contribution in [3.05, 3.63) is 24.2 Å². The monoisotopic (exact) mass is 239 g/mol. The first-order valence-corrected chi connectivity index (χ1v) is 6.19. The molecule has 0 saturated heterocycles. The van der Waals surface area contributed by atoms with Gasteiger partial charge in [-0.2, -0.15) is 0 Å². The second-order valence-corrected chi connectivity index (χ2v) is 4.21. The zero-order chi connectivity index (χ0) is 12.5.